The van der Waals surface area contributed by atoms with E-state index < -0.39 is 0 Å². The number of esters is 1. The van der Waals surface area contributed by atoms with Gasteiger partial charge in [0, 0.05) is 18.5 Å². The summed E-state index contributed by atoms with van der Waals surface area (Å²) in [6.07, 6.45) is 0. The van der Waals surface area contributed by atoms with Gasteiger partial charge in [-0.3, -0.25) is 4.90 Å². The summed E-state index contributed by atoms with van der Waals surface area (Å²) in [6, 6.07) is 19.1. The molecule has 1 heterocycles. The highest BCUT2D eigenvalue weighted by Gasteiger charge is 2.35. The Morgan fingerprint density at radius 2 is 1.70 bits per heavy atom. The van der Waals surface area contributed by atoms with Gasteiger partial charge in [-0.2, -0.15) is 0 Å². The van der Waals surface area contributed by atoms with Crippen LogP contribution in [0.15, 0.2) is 71.9 Å². The summed E-state index contributed by atoms with van der Waals surface area (Å²) in [6.45, 7) is 2.44. The van der Waals surface area contributed by atoms with Gasteiger partial charge in [-0.25, -0.2) is 4.79 Å². The Labute approximate surface area is 164 Å². The number of nitrogens with zero attached hydrogens (tertiary/aromatic N) is 1. The maximum atomic E-state index is 12.9. The number of anilines is 1. The number of allylic oxidation sites excluding steroid dienone is 1. The van der Waals surface area contributed by atoms with Crippen LogP contribution in [0.25, 0.3) is 0 Å². The van der Waals surface area contributed by atoms with Crippen LogP contribution >= 0.6 is 12.2 Å². The Kier molecular flexibility index (Phi) is 6.21. The lowest BCUT2D eigenvalue weighted by Crippen LogP contribution is -2.48. The molecule has 0 saturated heterocycles. The molecular formula is C21H22N2O3S. The Morgan fingerprint density at radius 1 is 1.07 bits per heavy atom. The minimum Gasteiger partial charge on any atom is -0.460 e. The molecule has 1 N–H and O–H groups in total. The Morgan fingerprint density at radius 3 is 2.33 bits per heavy atom. The van der Waals surface area contributed by atoms with Crippen molar-refractivity contribution in [3.63, 3.8) is 0 Å². The molecule has 0 aromatic heterocycles. The second-order valence-corrected chi connectivity index (χ2v) is 6.48. The van der Waals surface area contributed by atoms with Crippen molar-refractivity contribution in [1.29, 1.82) is 0 Å². The molecule has 0 fully saturated rings. The van der Waals surface area contributed by atoms with E-state index in [1.54, 1.807) is 7.11 Å². The first-order valence-electron chi connectivity index (χ1n) is 8.71. The molecule has 0 amide bonds. The lowest BCUT2D eigenvalue weighted by Gasteiger charge is -2.37. The van der Waals surface area contributed by atoms with Crippen LogP contribution in [0.3, 0.4) is 0 Å². The van der Waals surface area contributed by atoms with Gasteiger partial charge in [0.05, 0.1) is 18.2 Å². The molecule has 0 bridgehead atoms. The molecule has 1 atom stereocenters. The van der Waals surface area contributed by atoms with E-state index in [2.05, 4.69) is 5.32 Å². The van der Waals surface area contributed by atoms with E-state index in [4.69, 9.17) is 21.7 Å². The van der Waals surface area contributed by atoms with Crippen LogP contribution in [0.5, 0.6) is 0 Å². The normalized spacial score (nSPS) is 16.9. The monoisotopic (exact) mass is 382 g/mol. The second-order valence-electron chi connectivity index (χ2n) is 6.09. The fraction of sp³-hybridized carbons (Fsp3) is 0.238. The summed E-state index contributed by atoms with van der Waals surface area (Å²) in [5, 5.41) is 3.84. The van der Waals surface area contributed by atoms with E-state index in [1.165, 1.54) is 0 Å². The van der Waals surface area contributed by atoms with Crippen LogP contribution in [0.4, 0.5) is 5.69 Å². The lowest BCUT2D eigenvalue weighted by molar-refractivity contribution is -0.140. The third-order valence-electron chi connectivity index (χ3n) is 4.37. The predicted octanol–water partition coefficient (Wildman–Crippen LogP) is 3.59. The standard InChI is InChI=1S/C21H22N2O3S/c1-15-18(20(24)26-14-13-25-2)19(16-9-5-3-6-10-16)22-21(27)23(15)17-11-7-4-8-12-17/h3-12,19H,13-14H2,1-2H3,(H,22,27)/t19-/m1/s1. The maximum Gasteiger partial charge on any atom is 0.338 e. The average Bonchev–Trinajstić information content (AvgIpc) is 2.69. The fourth-order valence-electron chi connectivity index (χ4n) is 3.09. The van der Waals surface area contributed by atoms with Gasteiger partial charge in [0.1, 0.15) is 6.61 Å². The fourth-order valence-corrected chi connectivity index (χ4v) is 3.45. The summed E-state index contributed by atoms with van der Waals surface area (Å²) >= 11 is 5.62. The highest BCUT2D eigenvalue weighted by atomic mass is 32.1. The minimum absolute atomic E-state index is 0.198. The zero-order valence-corrected chi connectivity index (χ0v) is 16.2. The number of ether oxygens (including phenoxy) is 2. The molecule has 1 aliphatic heterocycles. The number of thiocarbonyl (C=S) groups is 1. The third-order valence-corrected chi connectivity index (χ3v) is 4.67. The summed E-state index contributed by atoms with van der Waals surface area (Å²) in [5.74, 6) is -0.380. The first kappa shape index (κ1) is 19.1. The third kappa shape index (κ3) is 4.18. The molecule has 2 aromatic carbocycles. The number of rotatable bonds is 6. The number of carbonyl (C=O) groups is 1. The van der Waals surface area contributed by atoms with Gasteiger partial charge in [0.15, 0.2) is 5.11 Å². The van der Waals surface area contributed by atoms with Crippen molar-refractivity contribution in [3.8, 4) is 0 Å². The van der Waals surface area contributed by atoms with Gasteiger partial charge in [-0.1, -0.05) is 48.5 Å². The van der Waals surface area contributed by atoms with Gasteiger partial charge in [-0.05, 0) is 36.8 Å². The van der Waals surface area contributed by atoms with Crippen LogP contribution < -0.4 is 10.2 Å². The SMILES string of the molecule is COCCOC(=O)C1=C(C)N(c2ccccc2)C(=S)N[C@@H]1c1ccccc1. The van der Waals surface area contributed by atoms with E-state index >= 15 is 0 Å². The van der Waals surface area contributed by atoms with Crippen molar-refractivity contribution in [2.45, 2.75) is 13.0 Å². The van der Waals surface area contributed by atoms with Crippen molar-refractivity contribution in [3.05, 3.63) is 77.5 Å². The largest absolute Gasteiger partial charge is 0.460 e. The van der Waals surface area contributed by atoms with Crippen LogP contribution in [0, 0.1) is 0 Å². The zero-order valence-electron chi connectivity index (χ0n) is 15.3. The quantitative estimate of drug-likeness (QED) is 0.468. The minimum atomic E-state index is -0.380. The zero-order chi connectivity index (χ0) is 19.2. The smallest absolute Gasteiger partial charge is 0.338 e. The van der Waals surface area contributed by atoms with Gasteiger partial charge >= 0.3 is 5.97 Å². The van der Waals surface area contributed by atoms with Gasteiger partial charge in [0.2, 0.25) is 0 Å². The second kappa shape index (κ2) is 8.79. The number of para-hydroxylation sites is 1. The molecule has 3 rings (SSSR count). The number of hydrogen-bond acceptors (Lipinski definition) is 4. The molecule has 1 aliphatic rings. The molecule has 27 heavy (non-hydrogen) atoms. The number of nitrogens with one attached hydrogen (secondary N) is 1. The van der Waals surface area contributed by atoms with E-state index in [0.717, 1.165) is 16.9 Å². The van der Waals surface area contributed by atoms with Crippen molar-refractivity contribution in [2.24, 2.45) is 0 Å². The topological polar surface area (TPSA) is 50.8 Å². The number of carbonyl (C=O) groups excluding carboxylic acids is 1. The van der Waals surface area contributed by atoms with E-state index in [1.807, 2.05) is 72.5 Å². The van der Waals surface area contributed by atoms with Crippen LogP contribution in [0.1, 0.15) is 18.5 Å². The van der Waals surface area contributed by atoms with Gasteiger partial charge in [0.25, 0.3) is 0 Å². The average molecular weight is 382 g/mol. The molecule has 0 radical (unpaired) electrons. The summed E-state index contributed by atoms with van der Waals surface area (Å²) < 4.78 is 10.4. The van der Waals surface area contributed by atoms with Gasteiger partial charge in [-0.15, -0.1) is 0 Å². The Bertz CT molecular complexity index is 837. The number of benzene rings is 2. The molecule has 6 heteroatoms. The molecule has 140 valence electrons. The maximum absolute atomic E-state index is 12.9. The Hall–Kier alpha value is -2.70. The van der Waals surface area contributed by atoms with Crippen LogP contribution in [0.2, 0.25) is 0 Å². The van der Waals surface area contributed by atoms with E-state index in [-0.39, 0.29) is 18.6 Å². The summed E-state index contributed by atoms with van der Waals surface area (Å²) in [4.78, 5) is 14.8. The molecule has 0 aliphatic carbocycles. The van der Waals surface area contributed by atoms with Crippen molar-refractivity contribution in [1.82, 2.24) is 5.32 Å². The highest BCUT2D eigenvalue weighted by molar-refractivity contribution is 7.80. The molecule has 2 aromatic rings. The van der Waals surface area contributed by atoms with Crippen molar-refractivity contribution < 1.29 is 14.3 Å². The molecule has 5 nitrogen and oxygen atoms in total. The molecule has 0 unspecified atom stereocenters. The number of hydrogen-bond donors (Lipinski definition) is 1. The molecule has 0 spiro atoms. The Balaban J connectivity index is 2.04. The van der Waals surface area contributed by atoms with Crippen molar-refractivity contribution >= 4 is 29.0 Å². The van der Waals surface area contributed by atoms with E-state index in [0.29, 0.717) is 17.3 Å². The first-order valence-corrected chi connectivity index (χ1v) is 9.11. The van der Waals surface area contributed by atoms with Crippen LogP contribution in [-0.2, 0) is 14.3 Å². The first-order chi connectivity index (χ1) is 13.1. The van der Waals surface area contributed by atoms with E-state index in [9.17, 15) is 4.79 Å². The van der Waals surface area contributed by atoms with Crippen molar-refractivity contribution in [2.75, 3.05) is 25.2 Å². The van der Waals surface area contributed by atoms with Crippen LogP contribution in [-0.4, -0.2) is 31.4 Å². The number of methoxy groups -OCH3 is 1. The summed E-state index contributed by atoms with van der Waals surface area (Å²) in [5.41, 5.74) is 3.13. The molecular weight excluding hydrogens is 360 g/mol. The highest BCUT2D eigenvalue weighted by Crippen LogP contribution is 2.34. The van der Waals surface area contributed by atoms with Gasteiger partial charge < -0.3 is 14.8 Å². The predicted molar refractivity (Wildman–Crippen MR) is 109 cm³/mol. The molecule has 0 saturated carbocycles. The lowest BCUT2D eigenvalue weighted by atomic mass is 9.95. The summed E-state index contributed by atoms with van der Waals surface area (Å²) in [7, 11) is 1.57.